The summed E-state index contributed by atoms with van der Waals surface area (Å²) in [6, 6.07) is 7.16. The molecule has 0 atom stereocenters. The fraction of sp³-hybridized carbons (Fsp3) is 0.722. The van der Waals surface area contributed by atoms with Gasteiger partial charge >= 0.3 is 0 Å². The molecule has 0 unspecified atom stereocenters. The van der Waals surface area contributed by atoms with Gasteiger partial charge in [0.15, 0.2) is 0 Å². The maximum atomic E-state index is 4.88. The van der Waals surface area contributed by atoms with Crippen molar-refractivity contribution in [2.75, 3.05) is 11.4 Å². The van der Waals surface area contributed by atoms with Gasteiger partial charge in [-0.1, -0.05) is 19.9 Å². The fourth-order valence-corrected chi connectivity index (χ4v) is 2.35. The summed E-state index contributed by atoms with van der Waals surface area (Å²) in [5.74, 6) is 1.91. The van der Waals surface area contributed by atoms with Crippen LogP contribution in [0.4, 0.5) is 5.82 Å². The molecule has 21 heavy (non-hydrogen) atoms. The van der Waals surface area contributed by atoms with Gasteiger partial charge in [0.2, 0.25) is 0 Å². The third kappa shape index (κ3) is 5.66. The van der Waals surface area contributed by atoms with E-state index >= 15 is 0 Å². The lowest BCUT2D eigenvalue weighted by Gasteiger charge is -2.25. The van der Waals surface area contributed by atoms with Crippen LogP contribution in [0.5, 0.6) is 0 Å². The van der Waals surface area contributed by atoms with Crippen LogP contribution in [0, 0.1) is 5.92 Å². The first-order chi connectivity index (χ1) is 9.85. The predicted molar refractivity (Wildman–Crippen MR) is 90.7 cm³/mol. The number of aromatic nitrogens is 1. The molecule has 2 rings (SSSR count). The Hall–Kier alpha value is -1.09. The number of hydrogen-bond acceptors (Lipinski definition) is 3. The Bertz CT molecular complexity index is 444. The van der Waals surface area contributed by atoms with E-state index in [1.807, 2.05) is 0 Å². The molecule has 1 heterocycles. The van der Waals surface area contributed by atoms with Crippen LogP contribution >= 0.6 is 0 Å². The highest BCUT2D eigenvalue weighted by atomic mass is 15.2. The molecular formula is C18H31N3. The molecular weight excluding hydrogens is 258 g/mol. The van der Waals surface area contributed by atoms with Crippen LogP contribution in [-0.2, 0) is 6.54 Å². The molecule has 0 radical (unpaired) electrons. The number of nitrogens with zero attached hydrogens (tertiary/aromatic N) is 2. The molecule has 118 valence electrons. The predicted octanol–water partition coefficient (Wildman–Crippen LogP) is 3.98. The first kappa shape index (κ1) is 16.3. The largest absolute Gasteiger partial charge is 0.354 e. The Kier molecular flexibility index (Phi) is 5.26. The van der Waals surface area contributed by atoms with Crippen LogP contribution in [0.3, 0.4) is 0 Å². The molecule has 1 N–H and O–H groups in total. The zero-order valence-corrected chi connectivity index (χ0v) is 14.3. The fourth-order valence-electron chi connectivity index (χ4n) is 2.35. The van der Waals surface area contributed by atoms with Crippen molar-refractivity contribution < 1.29 is 0 Å². The zero-order chi connectivity index (χ0) is 15.5. The lowest BCUT2D eigenvalue weighted by molar-refractivity contribution is 0.421. The van der Waals surface area contributed by atoms with E-state index in [-0.39, 0.29) is 5.54 Å². The summed E-state index contributed by atoms with van der Waals surface area (Å²) in [5, 5.41) is 3.52. The molecule has 0 aliphatic heterocycles. The van der Waals surface area contributed by atoms with E-state index in [9.17, 15) is 0 Å². The van der Waals surface area contributed by atoms with Gasteiger partial charge < -0.3 is 10.2 Å². The number of rotatable bonds is 7. The Morgan fingerprint density at radius 2 is 2.00 bits per heavy atom. The molecule has 0 amide bonds. The maximum absolute atomic E-state index is 4.88. The van der Waals surface area contributed by atoms with Crippen LogP contribution in [0.15, 0.2) is 18.2 Å². The molecule has 3 heteroatoms. The van der Waals surface area contributed by atoms with Crippen molar-refractivity contribution in [2.45, 2.75) is 72.0 Å². The van der Waals surface area contributed by atoms with Gasteiger partial charge in [-0.05, 0) is 58.1 Å². The molecule has 0 saturated heterocycles. The van der Waals surface area contributed by atoms with Gasteiger partial charge in [0, 0.05) is 24.7 Å². The van der Waals surface area contributed by atoms with Gasteiger partial charge in [0.25, 0.3) is 0 Å². The van der Waals surface area contributed by atoms with Crippen LogP contribution in [0.1, 0.15) is 59.6 Å². The van der Waals surface area contributed by atoms with Crippen molar-refractivity contribution in [3.05, 3.63) is 23.9 Å². The topological polar surface area (TPSA) is 28.2 Å². The van der Waals surface area contributed by atoms with Crippen molar-refractivity contribution in [1.29, 1.82) is 0 Å². The Labute approximate surface area is 130 Å². The van der Waals surface area contributed by atoms with E-state index in [2.05, 4.69) is 63.0 Å². The Morgan fingerprint density at radius 1 is 1.29 bits per heavy atom. The summed E-state index contributed by atoms with van der Waals surface area (Å²) in [6.45, 7) is 13.1. The van der Waals surface area contributed by atoms with E-state index in [4.69, 9.17) is 4.98 Å². The normalized spacial score (nSPS) is 15.5. The second-order valence-corrected chi connectivity index (χ2v) is 7.70. The highest BCUT2D eigenvalue weighted by molar-refractivity contribution is 5.42. The van der Waals surface area contributed by atoms with Crippen molar-refractivity contribution in [2.24, 2.45) is 5.92 Å². The second kappa shape index (κ2) is 6.78. The van der Waals surface area contributed by atoms with E-state index in [0.717, 1.165) is 36.6 Å². The summed E-state index contributed by atoms with van der Waals surface area (Å²) < 4.78 is 0. The van der Waals surface area contributed by atoms with Crippen molar-refractivity contribution >= 4 is 5.82 Å². The van der Waals surface area contributed by atoms with Gasteiger partial charge in [-0.25, -0.2) is 4.98 Å². The monoisotopic (exact) mass is 289 g/mol. The summed E-state index contributed by atoms with van der Waals surface area (Å²) >= 11 is 0. The SMILES string of the molecule is CC(C)CCN(c1cccc(CNC(C)(C)C)n1)C1CC1. The standard InChI is InChI=1S/C18H31N3/c1-14(2)11-12-21(16-9-10-16)17-8-6-7-15(20-17)13-19-18(3,4)5/h6-8,14,16,19H,9-13H2,1-5H3. The van der Waals surface area contributed by atoms with E-state index in [0.29, 0.717) is 0 Å². The molecule has 1 aliphatic carbocycles. The lowest BCUT2D eigenvalue weighted by atomic mass is 10.1. The maximum Gasteiger partial charge on any atom is 0.129 e. The van der Waals surface area contributed by atoms with Gasteiger partial charge in [-0.2, -0.15) is 0 Å². The number of anilines is 1. The minimum atomic E-state index is 0.130. The van der Waals surface area contributed by atoms with E-state index in [1.54, 1.807) is 0 Å². The molecule has 0 spiro atoms. The average Bonchev–Trinajstić information content (AvgIpc) is 3.21. The number of pyridine rings is 1. The third-order valence-corrected chi connectivity index (χ3v) is 3.82. The van der Waals surface area contributed by atoms with E-state index in [1.165, 1.54) is 19.3 Å². The van der Waals surface area contributed by atoms with Gasteiger partial charge in [0.1, 0.15) is 5.82 Å². The first-order valence-corrected chi connectivity index (χ1v) is 8.33. The smallest absolute Gasteiger partial charge is 0.129 e. The van der Waals surface area contributed by atoms with Gasteiger partial charge in [-0.15, -0.1) is 0 Å². The molecule has 1 aromatic heterocycles. The molecule has 1 fully saturated rings. The third-order valence-electron chi connectivity index (χ3n) is 3.82. The average molecular weight is 289 g/mol. The van der Waals surface area contributed by atoms with Crippen molar-refractivity contribution in [3.8, 4) is 0 Å². The molecule has 1 aromatic rings. The minimum absolute atomic E-state index is 0.130. The highest BCUT2D eigenvalue weighted by Gasteiger charge is 2.29. The van der Waals surface area contributed by atoms with Crippen LogP contribution < -0.4 is 10.2 Å². The molecule has 1 aliphatic rings. The molecule has 1 saturated carbocycles. The lowest BCUT2D eigenvalue weighted by Crippen LogP contribution is -2.35. The molecule has 0 bridgehead atoms. The quantitative estimate of drug-likeness (QED) is 0.823. The summed E-state index contributed by atoms with van der Waals surface area (Å²) in [6.07, 6.45) is 3.89. The van der Waals surface area contributed by atoms with Gasteiger partial charge in [-0.3, -0.25) is 0 Å². The van der Waals surface area contributed by atoms with Crippen molar-refractivity contribution in [1.82, 2.24) is 10.3 Å². The summed E-state index contributed by atoms with van der Waals surface area (Å²) in [7, 11) is 0. The Morgan fingerprint density at radius 3 is 2.57 bits per heavy atom. The summed E-state index contributed by atoms with van der Waals surface area (Å²) in [5.41, 5.74) is 1.27. The first-order valence-electron chi connectivity index (χ1n) is 8.33. The van der Waals surface area contributed by atoms with E-state index < -0.39 is 0 Å². The molecule has 3 nitrogen and oxygen atoms in total. The van der Waals surface area contributed by atoms with Gasteiger partial charge in [0.05, 0.1) is 5.69 Å². The highest BCUT2D eigenvalue weighted by Crippen LogP contribution is 2.31. The van der Waals surface area contributed by atoms with Crippen LogP contribution in [0.25, 0.3) is 0 Å². The minimum Gasteiger partial charge on any atom is -0.354 e. The Balaban J connectivity index is 2.03. The van der Waals surface area contributed by atoms with Crippen LogP contribution in [-0.4, -0.2) is 23.1 Å². The zero-order valence-electron chi connectivity index (χ0n) is 14.3. The second-order valence-electron chi connectivity index (χ2n) is 7.70. The summed E-state index contributed by atoms with van der Waals surface area (Å²) in [4.78, 5) is 7.39. The number of nitrogens with one attached hydrogen (secondary N) is 1. The number of hydrogen-bond donors (Lipinski definition) is 1. The van der Waals surface area contributed by atoms with Crippen molar-refractivity contribution in [3.63, 3.8) is 0 Å². The molecule has 0 aromatic carbocycles. The van der Waals surface area contributed by atoms with Crippen LogP contribution in [0.2, 0.25) is 0 Å².